The molecule has 2 aliphatic heterocycles. The van der Waals surface area contributed by atoms with E-state index in [4.69, 9.17) is 10.5 Å². The van der Waals surface area contributed by atoms with Crippen LogP contribution in [0.4, 0.5) is 13.2 Å². The molecule has 25 heavy (non-hydrogen) atoms. The maximum atomic E-state index is 13.0. The van der Waals surface area contributed by atoms with E-state index in [1.807, 2.05) is 0 Å². The zero-order chi connectivity index (χ0) is 18.1. The summed E-state index contributed by atoms with van der Waals surface area (Å²) >= 11 is 0. The molecule has 0 aromatic carbocycles. The highest BCUT2D eigenvalue weighted by Crippen LogP contribution is 2.36. The summed E-state index contributed by atoms with van der Waals surface area (Å²) in [7, 11) is 0. The van der Waals surface area contributed by atoms with Crippen molar-refractivity contribution in [2.75, 3.05) is 32.8 Å². The molecule has 2 fully saturated rings. The quantitative estimate of drug-likeness (QED) is 0.862. The smallest absolute Gasteiger partial charge is 0.381 e. The second-order valence-electron chi connectivity index (χ2n) is 6.89. The molecule has 1 atom stereocenters. The average Bonchev–Trinajstić information content (AvgIpc) is 3.12. The minimum atomic E-state index is -4.47. The highest BCUT2D eigenvalue weighted by atomic mass is 19.4. The second kappa shape index (κ2) is 6.95. The van der Waals surface area contributed by atoms with E-state index in [1.165, 1.54) is 0 Å². The summed E-state index contributed by atoms with van der Waals surface area (Å²) < 4.78 is 43.6. The molecule has 3 rings (SSSR count). The predicted molar refractivity (Wildman–Crippen MR) is 83.7 cm³/mol. The van der Waals surface area contributed by atoms with Crippen LogP contribution in [-0.4, -0.2) is 53.9 Å². The number of hydrogen-bond acceptors (Lipinski definition) is 4. The van der Waals surface area contributed by atoms with Crippen LogP contribution in [0, 0.1) is 5.41 Å². The van der Waals surface area contributed by atoms with Crippen LogP contribution in [0.15, 0.2) is 6.07 Å². The summed E-state index contributed by atoms with van der Waals surface area (Å²) in [5.74, 6) is -0.172. The molecule has 0 radical (unpaired) electrons. The van der Waals surface area contributed by atoms with Gasteiger partial charge in [-0.05, 0) is 31.7 Å². The van der Waals surface area contributed by atoms with Crippen molar-refractivity contribution in [1.29, 1.82) is 0 Å². The summed E-state index contributed by atoms with van der Waals surface area (Å²) in [5.41, 5.74) is 4.80. The van der Waals surface area contributed by atoms with Gasteiger partial charge in [0.2, 0.25) is 5.91 Å². The molecule has 140 valence electrons. The Balaban J connectivity index is 1.72. The molecule has 6 nitrogen and oxygen atoms in total. The van der Waals surface area contributed by atoms with Crippen LogP contribution in [0.2, 0.25) is 0 Å². The van der Waals surface area contributed by atoms with E-state index in [0.717, 1.165) is 18.9 Å². The van der Waals surface area contributed by atoms with Crippen molar-refractivity contribution >= 4 is 5.91 Å². The molecule has 3 N–H and O–H groups in total. The Bertz CT molecular complexity index is 611. The molecule has 0 saturated carbocycles. The summed E-state index contributed by atoms with van der Waals surface area (Å²) in [6, 6.07) is 1.05. The summed E-state index contributed by atoms with van der Waals surface area (Å²) in [5, 5.41) is 5.85. The second-order valence-corrected chi connectivity index (χ2v) is 6.89. The Labute approximate surface area is 143 Å². The minimum absolute atomic E-state index is 0.00133. The Morgan fingerprint density at radius 2 is 2.16 bits per heavy atom. The van der Waals surface area contributed by atoms with Crippen molar-refractivity contribution in [3.63, 3.8) is 0 Å². The monoisotopic (exact) mass is 360 g/mol. The first-order chi connectivity index (χ1) is 11.9. The Kier molecular flexibility index (Phi) is 5.06. The lowest BCUT2D eigenvalue weighted by molar-refractivity contribution is -0.148. The zero-order valence-electron chi connectivity index (χ0n) is 13.9. The van der Waals surface area contributed by atoms with Crippen molar-refractivity contribution < 1.29 is 22.7 Å². The molecule has 3 heterocycles. The van der Waals surface area contributed by atoms with Crippen LogP contribution in [0.25, 0.3) is 0 Å². The number of amides is 1. The number of likely N-dealkylation sites (tertiary alicyclic amines) is 1. The number of piperidine rings is 1. The van der Waals surface area contributed by atoms with Gasteiger partial charge in [0.25, 0.3) is 0 Å². The molecule has 9 heteroatoms. The van der Waals surface area contributed by atoms with Crippen LogP contribution in [0.1, 0.15) is 43.0 Å². The van der Waals surface area contributed by atoms with Gasteiger partial charge in [-0.1, -0.05) is 0 Å². The molecule has 2 aliphatic rings. The zero-order valence-corrected chi connectivity index (χ0v) is 13.9. The van der Waals surface area contributed by atoms with Crippen molar-refractivity contribution in [3.05, 3.63) is 17.5 Å². The first-order valence-electron chi connectivity index (χ1n) is 8.55. The summed E-state index contributed by atoms with van der Waals surface area (Å²) in [6.45, 7) is 2.28. The molecule has 0 spiro atoms. The van der Waals surface area contributed by atoms with Crippen molar-refractivity contribution in [2.45, 2.75) is 37.8 Å². The maximum Gasteiger partial charge on any atom is 0.435 e. The SMILES string of the molecule is NCC1(C(=O)N2CCCC(c3cc(C(F)(F)F)n[nH]3)C2)CCOCC1. The van der Waals surface area contributed by atoms with E-state index in [0.29, 0.717) is 44.8 Å². The van der Waals surface area contributed by atoms with Gasteiger partial charge in [0.1, 0.15) is 0 Å². The van der Waals surface area contributed by atoms with E-state index in [2.05, 4.69) is 10.2 Å². The number of aromatic amines is 1. The van der Waals surface area contributed by atoms with Gasteiger partial charge in [-0.2, -0.15) is 18.3 Å². The fourth-order valence-electron chi connectivity index (χ4n) is 3.71. The van der Waals surface area contributed by atoms with Crippen molar-refractivity contribution in [2.24, 2.45) is 11.1 Å². The normalized spacial score (nSPS) is 24.3. The van der Waals surface area contributed by atoms with Gasteiger partial charge in [0.05, 0.1) is 5.41 Å². The molecule has 2 saturated heterocycles. The molecular weight excluding hydrogens is 337 g/mol. The highest BCUT2D eigenvalue weighted by Gasteiger charge is 2.43. The summed E-state index contributed by atoms with van der Waals surface area (Å²) in [4.78, 5) is 14.8. The van der Waals surface area contributed by atoms with E-state index < -0.39 is 17.3 Å². The van der Waals surface area contributed by atoms with Gasteiger partial charge in [-0.15, -0.1) is 0 Å². The Hall–Kier alpha value is -1.61. The van der Waals surface area contributed by atoms with Crippen molar-refractivity contribution in [1.82, 2.24) is 15.1 Å². The lowest BCUT2D eigenvalue weighted by atomic mass is 9.78. The number of nitrogens with one attached hydrogen (secondary N) is 1. The molecule has 1 aromatic heterocycles. The number of halogens is 3. The number of ether oxygens (including phenoxy) is 1. The number of hydrogen-bond donors (Lipinski definition) is 2. The topological polar surface area (TPSA) is 84.2 Å². The first-order valence-corrected chi connectivity index (χ1v) is 8.55. The van der Waals surface area contributed by atoms with Gasteiger partial charge in [-0.25, -0.2) is 0 Å². The van der Waals surface area contributed by atoms with Gasteiger partial charge >= 0.3 is 6.18 Å². The van der Waals surface area contributed by atoms with Gasteiger partial charge in [-0.3, -0.25) is 9.89 Å². The number of alkyl halides is 3. The van der Waals surface area contributed by atoms with E-state index >= 15 is 0 Å². The molecule has 1 aromatic rings. The number of carbonyl (C=O) groups excluding carboxylic acids is 1. The number of aromatic nitrogens is 2. The summed E-state index contributed by atoms with van der Waals surface area (Å²) in [6.07, 6.45) is -1.82. The Morgan fingerprint density at radius 1 is 1.44 bits per heavy atom. The molecule has 1 amide bonds. The highest BCUT2D eigenvalue weighted by molar-refractivity contribution is 5.83. The number of rotatable bonds is 3. The lowest BCUT2D eigenvalue weighted by Crippen LogP contribution is -2.53. The fourth-order valence-corrected chi connectivity index (χ4v) is 3.71. The predicted octanol–water partition coefficient (Wildman–Crippen LogP) is 1.89. The fraction of sp³-hybridized carbons (Fsp3) is 0.750. The average molecular weight is 360 g/mol. The first kappa shape index (κ1) is 18.2. The number of carbonyl (C=O) groups is 1. The number of H-pyrrole nitrogens is 1. The Morgan fingerprint density at radius 3 is 2.76 bits per heavy atom. The van der Waals surface area contributed by atoms with Crippen molar-refractivity contribution in [3.8, 4) is 0 Å². The van der Waals surface area contributed by atoms with Crippen LogP contribution in [0.5, 0.6) is 0 Å². The molecule has 0 aliphatic carbocycles. The minimum Gasteiger partial charge on any atom is -0.381 e. The molecule has 0 bridgehead atoms. The van der Waals surface area contributed by atoms with Crippen LogP contribution in [-0.2, 0) is 15.7 Å². The van der Waals surface area contributed by atoms with Gasteiger partial charge in [0, 0.05) is 44.5 Å². The number of nitrogens with zero attached hydrogens (tertiary/aromatic N) is 2. The molecule has 1 unspecified atom stereocenters. The van der Waals surface area contributed by atoms with E-state index in [-0.39, 0.29) is 18.4 Å². The van der Waals surface area contributed by atoms with E-state index in [9.17, 15) is 18.0 Å². The van der Waals surface area contributed by atoms with Gasteiger partial charge in [0.15, 0.2) is 5.69 Å². The lowest BCUT2D eigenvalue weighted by Gasteiger charge is -2.41. The molecular formula is C16H23F3N4O2. The third kappa shape index (κ3) is 3.67. The van der Waals surface area contributed by atoms with E-state index in [1.54, 1.807) is 4.90 Å². The largest absolute Gasteiger partial charge is 0.435 e. The maximum absolute atomic E-state index is 13.0. The number of nitrogens with two attached hydrogens (primary N) is 1. The van der Waals surface area contributed by atoms with Gasteiger partial charge < -0.3 is 15.4 Å². The van der Waals surface area contributed by atoms with Crippen LogP contribution < -0.4 is 5.73 Å². The van der Waals surface area contributed by atoms with Crippen LogP contribution in [0.3, 0.4) is 0 Å². The third-order valence-electron chi connectivity index (χ3n) is 5.33. The van der Waals surface area contributed by atoms with Crippen LogP contribution >= 0.6 is 0 Å². The standard InChI is InChI=1S/C16H23F3N4O2/c17-16(18,19)13-8-12(21-22-13)11-2-1-5-23(9-11)14(24)15(10-20)3-6-25-7-4-15/h8,11H,1-7,9-10,20H2,(H,21,22). The third-order valence-corrected chi connectivity index (χ3v) is 5.33.